The minimum Gasteiger partial charge on any atom is -0.327 e. The maximum atomic E-state index is 6.30. The molecule has 0 heterocycles. The summed E-state index contributed by atoms with van der Waals surface area (Å²) < 4.78 is 0. The van der Waals surface area contributed by atoms with E-state index in [1.165, 1.54) is 19.3 Å². The average Bonchev–Trinajstić information content (AvgIpc) is 2.55. The van der Waals surface area contributed by atoms with Crippen LogP contribution in [0.3, 0.4) is 0 Å². The molecule has 2 aliphatic rings. The number of hydrogen-bond acceptors (Lipinski definition) is 1. The van der Waals surface area contributed by atoms with E-state index >= 15 is 0 Å². The van der Waals surface area contributed by atoms with Crippen LogP contribution in [0.5, 0.6) is 0 Å². The van der Waals surface area contributed by atoms with E-state index in [2.05, 4.69) is 20.8 Å². The summed E-state index contributed by atoms with van der Waals surface area (Å²) in [6, 6.07) is 0.483. The maximum Gasteiger partial charge on any atom is 0.0127 e. The summed E-state index contributed by atoms with van der Waals surface area (Å²) in [5.41, 5.74) is 6.75. The Morgan fingerprint density at radius 3 is 2.33 bits per heavy atom. The zero-order valence-corrected chi connectivity index (χ0v) is 8.51. The third-order valence-electron chi connectivity index (χ3n) is 4.82. The number of fused-ring (bicyclic) bond motifs is 2. The van der Waals surface area contributed by atoms with Crippen LogP contribution in [-0.2, 0) is 0 Å². The summed E-state index contributed by atoms with van der Waals surface area (Å²) >= 11 is 0. The Morgan fingerprint density at radius 1 is 1.33 bits per heavy atom. The molecule has 2 fully saturated rings. The van der Waals surface area contributed by atoms with E-state index < -0.39 is 0 Å². The topological polar surface area (TPSA) is 26.0 Å². The van der Waals surface area contributed by atoms with Crippen LogP contribution in [0.15, 0.2) is 0 Å². The zero-order chi connectivity index (χ0) is 8.93. The van der Waals surface area contributed by atoms with Crippen molar-refractivity contribution in [3.8, 4) is 0 Å². The molecule has 0 spiro atoms. The highest BCUT2D eigenvalue weighted by Gasteiger charge is 2.54. The summed E-state index contributed by atoms with van der Waals surface area (Å²) in [4.78, 5) is 0. The molecule has 2 rings (SSSR count). The van der Waals surface area contributed by atoms with Crippen molar-refractivity contribution in [3.05, 3.63) is 0 Å². The first kappa shape index (κ1) is 8.55. The van der Waals surface area contributed by atoms with Gasteiger partial charge in [-0.3, -0.25) is 0 Å². The molecule has 0 aromatic heterocycles. The van der Waals surface area contributed by atoms with Crippen LogP contribution in [-0.4, -0.2) is 6.04 Å². The third-order valence-corrected chi connectivity index (χ3v) is 4.82. The Labute approximate surface area is 75.7 Å². The van der Waals surface area contributed by atoms with E-state index in [1.54, 1.807) is 0 Å². The molecule has 2 saturated carbocycles. The highest BCUT2D eigenvalue weighted by Crippen LogP contribution is 2.58. The molecule has 0 aliphatic heterocycles. The number of nitrogens with two attached hydrogens (primary N) is 1. The van der Waals surface area contributed by atoms with Crippen LogP contribution in [0, 0.1) is 23.2 Å². The SMILES string of the molecule is CC(C)[C@]1(C)[C@H]2CC[C@H](C2)[C@H]1N. The van der Waals surface area contributed by atoms with Crippen molar-refractivity contribution in [2.75, 3.05) is 0 Å². The molecular weight excluding hydrogens is 146 g/mol. The zero-order valence-electron chi connectivity index (χ0n) is 8.51. The first-order valence-corrected chi connectivity index (χ1v) is 5.32. The molecule has 70 valence electrons. The fourth-order valence-corrected chi connectivity index (χ4v) is 3.54. The molecule has 0 unspecified atom stereocenters. The molecule has 2 aliphatic carbocycles. The fourth-order valence-electron chi connectivity index (χ4n) is 3.54. The van der Waals surface area contributed by atoms with Gasteiger partial charge in [0.1, 0.15) is 0 Å². The lowest BCUT2D eigenvalue weighted by atomic mass is 9.65. The normalized spacial score (nSPS) is 52.2. The van der Waals surface area contributed by atoms with Crippen LogP contribution in [0.1, 0.15) is 40.0 Å². The predicted molar refractivity (Wildman–Crippen MR) is 51.8 cm³/mol. The molecule has 4 atom stereocenters. The fraction of sp³-hybridized carbons (Fsp3) is 1.00. The highest BCUT2D eigenvalue weighted by atomic mass is 14.8. The van der Waals surface area contributed by atoms with Gasteiger partial charge in [0.15, 0.2) is 0 Å². The lowest BCUT2D eigenvalue weighted by molar-refractivity contribution is 0.0930. The first-order valence-electron chi connectivity index (χ1n) is 5.32. The van der Waals surface area contributed by atoms with E-state index in [9.17, 15) is 0 Å². The molecule has 1 nitrogen and oxygen atoms in total. The number of hydrogen-bond donors (Lipinski definition) is 1. The van der Waals surface area contributed by atoms with Gasteiger partial charge in [-0.2, -0.15) is 0 Å². The maximum absolute atomic E-state index is 6.30. The molecule has 2 bridgehead atoms. The second-order valence-electron chi connectivity index (χ2n) is 5.32. The Balaban J connectivity index is 2.26. The van der Waals surface area contributed by atoms with Crippen LogP contribution < -0.4 is 5.73 Å². The summed E-state index contributed by atoms with van der Waals surface area (Å²) in [7, 11) is 0. The number of rotatable bonds is 1. The standard InChI is InChI=1S/C11H21N/c1-7(2)11(3)9-5-4-8(6-9)10(11)12/h7-10H,4-6,12H2,1-3H3/t8-,9+,10-,11-/m1/s1. The Morgan fingerprint density at radius 2 is 2.00 bits per heavy atom. The summed E-state index contributed by atoms with van der Waals surface area (Å²) in [6.45, 7) is 7.08. The smallest absolute Gasteiger partial charge is 0.0127 e. The van der Waals surface area contributed by atoms with E-state index in [1.807, 2.05) is 0 Å². The van der Waals surface area contributed by atoms with Gasteiger partial charge in [0.05, 0.1) is 0 Å². The van der Waals surface area contributed by atoms with Crippen LogP contribution in [0.4, 0.5) is 0 Å². The van der Waals surface area contributed by atoms with Crippen LogP contribution >= 0.6 is 0 Å². The third kappa shape index (κ3) is 0.834. The van der Waals surface area contributed by atoms with Gasteiger partial charge in [-0.25, -0.2) is 0 Å². The molecule has 0 saturated heterocycles. The van der Waals surface area contributed by atoms with E-state index in [-0.39, 0.29) is 0 Å². The molecule has 0 radical (unpaired) electrons. The van der Waals surface area contributed by atoms with E-state index in [0.29, 0.717) is 11.5 Å². The minimum atomic E-state index is 0.447. The van der Waals surface area contributed by atoms with E-state index in [0.717, 1.165) is 17.8 Å². The Kier molecular flexibility index (Phi) is 1.76. The molecule has 1 heteroatoms. The van der Waals surface area contributed by atoms with Crippen molar-refractivity contribution < 1.29 is 0 Å². The van der Waals surface area contributed by atoms with Gasteiger partial charge in [-0.05, 0) is 42.4 Å². The van der Waals surface area contributed by atoms with Crippen molar-refractivity contribution in [3.63, 3.8) is 0 Å². The molecule has 0 amide bonds. The van der Waals surface area contributed by atoms with Crippen molar-refractivity contribution in [1.29, 1.82) is 0 Å². The largest absolute Gasteiger partial charge is 0.327 e. The van der Waals surface area contributed by atoms with Crippen molar-refractivity contribution in [2.45, 2.75) is 46.1 Å². The van der Waals surface area contributed by atoms with Gasteiger partial charge >= 0.3 is 0 Å². The average molecular weight is 167 g/mol. The molecule has 0 aromatic carbocycles. The summed E-state index contributed by atoms with van der Waals surface area (Å²) in [5.74, 6) is 2.53. The minimum absolute atomic E-state index is 0.447. The second kappa shape index (κ2) is 2.47. The molecule has 0 aromatic rings. The molecule has 12 heavy (non-hydrogen) atoms. The van der Waals surface area contributed by atoms with Gasteiger partial charge in [-0.15, -0.1) is 0 Å². The van der Waals surface area contributed by atoms with Gasteiger partial charge in [0, 0.05) is 6.04 Å². The van der Waals surface area contributed by atoms with Gasteiger partial charge in [0.25, 0.3) is 0 Å². The quantitative estimate of drug-likeness (QED) is 0.637. The van der Waals surface area contributed by atoms with Crippen LogP contribution in [0.2, 0.25) is 0 Å². The lowest BCUT2D eigenvalue weighted by Gasteiger charge is -2.42. The van der Waals surface area contributed by atoms with Gasteiger partial charge in [0.2, 0.25) is 0 Å². The molecular formula is C11H21N. The highest BCUT2D eigenvalue weighted by molar-refractivity contribution is 5.07. The Bertz CT molecular complexity index is 183. The Hall–Kier alpha value is -0.0400. The second-order valence-corrected chi connectivity index (χ2v) is 5.32. The van der Waals surface area contributed by atoms with Crippen molar-refractivity contribution in [1.82, 2.24) is 0 Å². The van der Waals surface area contributed by atoms with Crippen molar-refractivity contribution >= 4 is 0 Å². The van der Waals surface area contributed by atoms with Gasteiger partial charge in [-0.1, -0.05) is 20.8 Å². The monoisotopic (exact) mass is 167 g/mol. The van der Waals surface area contributed by atoms with Crippen molar-refractivity contribution in [2.24, 2.45) is 28.9 Å². The summed E-state index contributed by atoms with van der Waals surface area (Å²) in [6.07, 6.45) is 4.25. The first-order chi connectivity index (χ1) is 5.56. The summed E-state index contributed by atoms with van der Waals surface area (Å²) in [5, 5.41) is 0. The van der Waals surface area contributed by atoms with Crippen LogP contribution in [0.25, 0.3) is 0 Å². The molecule has 2 N–H and O–H groups in total. The predicted octanol–water partition coefficient (Wildman–Crippen LogP) is 2.41. The van der Waals surface area contributed by atoms with Gasteiger partial charge < -0.3 is 5.73 Å². The lowest BCUT2D eigenvalue weighted by Crippen LogP contribution is -2.47. The van der Waals surface area contributed by atoms with E-state index in [4.69, 9.17) is 5.73 Å².